The Balaban J connectivity index is 1.96. The van der Waals surface area contributed by atoms with E-state index in [1.807, 2.05) is 0 Å². The second kappa shape index (κ2) is 11.2. The Morgan fingerprint density at radius 2 is 1.88 bits per heavy atom. The minimum Gasteiger partial charge on any atom is -0.493 e. The summed E-state index contributed by atoms with van der Waals surface area (Å²) in [6, 6.07) is 4.10. The largest absolute Gasteiger partial charge is 0.493 e. The van der Waals surface area contributed by atoms with Gasteiger partial charge in [-0.1, -0.05) is 6.07 Å². The lowest BCUT2D eigenvalue weighted by atomic mass is 10.1. The highest BCUT2D eigenvalue weighted by molar-refractivity contribution is 7.16. The lowest BCUT2D eigenvalue weighted by Gasteiger charge is -2.10. The molecule has 1 N–H and O–H groups in total. The van der Waals surface area contributed by atoms with Gasteiger partial charge < -0.3 is 24.3 Å². The van der Waals surface area contributed by atoms with E-state index in [1.54, 1.807) is 13.8 Å². The first-order valence-electron chi connectivity index (χ1n) is 9.12. The molecular formula is C21H21F2NO7S. The number of hydrogen-bond acceptors (Lipinski definition) is 8. The number of alkyl halides is 2. The maximum atomic E-state index is 12.4. The maximum absolute atomic E-state index is 12.4. The van der Waals surface area contributed by atoms with E-state index in [2.05, 4.69) is 10.1 Å². The van der Waals surface area contributed by atoms with Crippen LogP contribution in [0.1, 0.15) is 26.4 Å². The van der Waals surface area contributed by atoms with E-state index in [0.717, 1.165) is 11.0 Å². The van der Waals surface area contributed by atoms with Crippen molar-refractivity contribution in [3.63, 3.8) is 0 Å². The van der Waals surface area contributed by atoms with Crippen LogP contribution >= 0.6 is 11.3 Å². The number of esters is 2. The number of carbonyl (C=O) groups is 3. The van der Waals surface area contributed by atoms with E-state index in [1.165, 1.54) is 49.8 Å². The van der Waals surface area contributed by atoms with Crippen LogP contribution in [0, 0.1) is 13.8 Å². The fourth-order valence-electron chi connectivity index (χ4n) is 2.56. The van der Waals surface area contributed by atoms with Crippen molar-refractivity contribution in [1.29, 1.82) is 0 Å². The van der Waals surface area contributed by atoms with Gasteiger partial charge in [-0.2, -0.15) is 8.78 Å². The highest BCUT2D eigenvalue weighted by Gasteiger charge is 2.21. The van der Waals surface area contributed by atoms with Gasteiger partial charge in [0.15, 0.2) is 18.1 Å². The number of ether oxygens (including phenoxy) is 4. The highest BCUT2D eigenvalue weighted by Crippen LogP contribution is 2.33. The summed E-state index contributed by atoms with van der Waals surface area (Å²) < 4.78 is 43.7. The van der Waals surface area contributed by atoms with Crippen molar-refractivity contribution in [1.82, 2.24) is 0 Å². The third-order valence-electron chi connectivity index (χ3n) is 4.19. The molecule has 0 atom stereocenters. The standard InChI is InChI=1S/C21H21F2NO7S/c1-11-12(2)32-19(18(11)20(27)29-4)24-16(25)10-30-17(26)8-6-13-5-7-14(31-21(22)23)15(9-13)28-3/h5-9,21H,10H2,1-4H3,(H,24,25)/b8-6+. The van der Waals surface area contributed by atoms with Crippen molar-refractivity contribution >= 4 is 40.3 Å². The molecule has 2 rings (SSSR count). The molecule has 1 aromatic carbocycles. The number of hydrogen-bond donors (Lipinski definition) is 1. The lowest BCUT2D eigenvalue weighted by molar-refractivity contribution is -0.142. The number of carbonyl (C=O) groups excluding carboxylic acids is 3. The number of methoxy groups -OCH3 is 2. The molecule has 0 aliphatic heterocycles. The number of thiophene rings is 1. The SMILES string of the molecule is COC(=O)c1c(NC(=O)COC(=O)/C=C/c2ccc(OC(F)F)c(OC)c2)sc(C)c1C. The second-order valence-corrected chi connectivity index (χ2v) is 7.48. The number of rotatable bonds is 9. The van der Waals surface area contributed by atoms with Crippen molar-refractivity contribution < 1.29 is 42.1 Å². The number of anilines is 1. The Kier molecular flexibility index (Phi) is 8.71. The first-order valence-corrected chi connectivity index (χ1v) is 9.93. The summed E-state index contributed by atoms with van der Waals surface area (Å²) in [4.78, 5) is 36.8. The molecule has 172 valence electrons. The van der Waals surface area contributed by atoms with E-state index in [0.29, 0.717) is 16.1 Å². The number of aryl methyl sites for hydroxylation is 1. The van der Waals surface area contributed by atoms with Gasteiger partial charge in [0.1, 0.15) is 5.00 Å². The zero-order valence-electron chi connectivity index (χ0n) is 17.7. The van der Waals surface area contributed by atoms with Gasteiger partial charge in [0.2, 0.25) is 0 Å². The van der Waals surface area contributed by atoms with Crippen LogP contribution in [0.4, 0.5) is 13.8 Å². The summed E-state index contributed by atoms with van der Waals surface area (Å²) in [7, 11) is 2.53. The van der Waals surface area contributed by atoms with Gasteiger partial charge in [0, 0.05) is 11.0 Å². The predicted molar refractivity (Wildman–Crippen MR) is 113 cm³/mol. The van der Waals surface area contributed by atoms with Crippen LogP contribution < -0.4 is 14.8 Å². The summed E-state index contributed by atoms with van der Waals surface area (Å²) in [6.45, 7) is -0.0463. The molecule has 32 heavy (non-hydrogen) atoms. The molecule has 0 fully saturated rings. The monoisotopic (exact) mass is 469 g/mol. The van der Waals surface area contributed by atoms with Crippen LogP contribution in [-0.2, 0) is 19.1 Å². The molecular weight excluding hydrogens is 448 g/mol. The van der Waals surface area contributed by atoms with Gasteiger partial charge in [-0.15, -0.1) is 11.3 Å². The molecule has 8 nitrogen and oxygen atoms in total. The molecule has 1 heterocycles. The van der Waals surface area contributed by atoms with Crippen LogP contribution in [0.3, 0.4) is 0 Å². The van der Waals surface area contributed by atoms with E-state index in [-0.39, 0.29) is 17.1 Å². The summed E-state index contributed by atoms with van der Waals surface area (Å²) in [5.74, 6) is -2.11. The minimum absolute atomic E-state index is 0.0585. The Labute approximate surface area is 186 Å². The Morgan fingerprint density at radius 1 is 1.16 bits per heavy atom. The Morgan fingerprint density at radius 3 is 2.50 bits per heavy atom. The van der Waals surface area contributed by atoms with Crippen LogP contribution in [0.2, 0.25) is 0 Å². The first kappa shape index (κ1) is 24.8. The fourth-order valence-corrected chi connectivity index (χ4v) is 3.62. The number of amides is 1. The van der Waals surface area contributed by atoms with Gasteiger partial charge >= 0.3 is 18.6 Å². The van der Waals surface area contributed by atoms with Crippen LogP contribution in [0.5, 0.6) is 11.5 Å². The van der Waals surface area contributed by atoms with Gasteiger partial charge in [-0.25, -0.2) is 9.59 Å². The topological polar surface area (TPSA) is 100 Å². The van der Waals surface area contributed by atoms with Crippen molar-refractivity contribution in [3.8, 4) is 11.5 Å². The van der Waals surface area contributed by atoms with Crippen LogP contribution in [0.15, 0.2) is 24.3 Å². The smallest absolute Gasteiger partial charge is 0.387 e. The van der Waals surface area contributed by atoms with Gasteiger partial charge in [-0.05, 0) is 43.2 Å². The second-order valence-electron chi connectivity index (χ2n) is 6.26. The van der Waals surface area contributed by atoms with Crippen molar-refractivity contribution in [2.24, 2.45) is 0 Å². The van der Waals surface area contributed by atoms with E-state index >= 15 is 0 Å². The van der Waals surface area contributed by atoms with Gasteiger partial charge in [0.25, 0.3) is 5.91 Å². The number of nitrogens with one attached hydrogen (secondary N) is 1. The molecule has 11 heteroatoms. The van der Waals surface area contributed by atoms with Gasteiger partial charge in [-0.3, -0.25) is 4.79 Å². The number of halogens is 2. The molecule has 1 amide bonds. The Hall–Kier alpha value is -3.47. The molecule has 0 radical (unpaired) electrons. The van der Waals surface area contributed by atoms with Crippen LogP contribution in [-0.4, -0.2) is 45.3 Å². The van der Waals surface area contributed by atoms with Crippen molar-refractivity contribution in [2.45, 2.75) is 20.5 Å². The molecule has 0 bridgehead atoms. The minimum atomic E-state index is -3.00. The Bertz CT molecular complexity index is 1030. The molecule has 0 aliphatic carbocycles. The summed E-state index contributed by atoms with van der Waals surface area (Å²) in [6.07, 6.45) is 2.42. The first-order chi connectivity index (χ1) is 15.2. The third-order valence-corrected chi connectivity index (χ3v) is 5.31. The predicted octanol–water partition coefficient (Wildman–Crippen LogP) is 3.96. The zero-order chi connectivity index (χ0) is 23.8. The van der Waals surface area contributed by atoms with E-state index < -0.39 is 31.1 Å². The summed E-state index contributed by atoms with van der Waals surface area (Å²) in [5, 5.41) is 2.85. The van der Waals surface area contributed by atoms with E-state index in [4.69, 9.17) is 14.2 Å². The molecule has 0 saturated carbocycles. The molecule has 0 aliphatic rings. The van der Waals surface area contributed by atoms with E-state index in [9.17, 15) is 23.2 Å². The quantitative estimate of drug-likeness (QED) is 0.438. The molecule has 0 unspecified atom stereocenters. The van der Waals surface area contributed by atoms with Gasteiger partial charge in [0.05, 0.1) is 19.8 Å². The number of benzene rings is 1. The van der Waals surface area contributed by atoms with Crippen molar-refractivity contribution in [3.05, 3.63) is 45.8 Å². The van der Waals surface area contributed by atoms with Crippen molar-refractivity contribution in [2.75, 3.05) is 26.1 Å². The van der Waals surface area contributed by atoms with Crippen LogP contribution in [0.25, 0.3) is 6.08 Å². The summed E-state index contributed by atoms with van der Waals surface area (Å²) in [5.41, 5.74) is 1.40. The summed E-state index contributed by atoms with van der Waals surface area (Å²) >= 11 is 1.21. The third kappa shape index (κ3) is 6.51. The normalized spacial score (nSPS) is 10.8. The molecule has 0 spiro atoms. The molecule has 1 aromatic heterocycles. The molecule has 0 saturated heterocycles. The maximum Gasteiger partial charge on any atom is 0.387 e. The zero-order valence-corrected chi connectivity index (χ0v) is 18.5. The fraction of sp³-hybridized carbons (Fsp3) is 0.286. The highest BCUT2D eigenvalue weighted by atomic mass is 32.1. The molecule has 2 aromatic rings. The average Bonchev–Trinajstić information content (AvgIpc) is 3.03. The lowest BCUT2D eigenvalue weighted by Crippen LogP contribution is -2.21. The average molecular weight is 469 g/mol.